The predicted molar refractivity (Wildman–Crippen MR) is 139 cm³/mol. The Labute approximate surface area is 221 Å². The molecule has 0 unspecified atom stereocenters. The van der Waals surface area contributed by atoms with Crippen LogP contribution in [0.2, 0.25) is 5.02 Å². The summed E-state index contributed by atoms with van der Waals surface area (Å²) in [4.78, 5) is 27.4. The minimum absolute atomic E-state index is 0.0793. The Morgan fingerprint density at radius 3 is 2.56 bits per heavy atom. The molecule has 2 heterocycles. The van der Waals surface area contributed by atoms with Crippen LogP contribution in [0.15, 0.2) is 91.3 Å². The zero-order valence-electron chi connectivity index (χ0n) is 19.1. The third-order valence-electron chi connectivity index (χ3n) is 5.39. The fourth-order valence-electron chi connectivity index (χ4n) is 3.68. The van der Waals surface area contributed by atoms with Gasteiger partial charge in [-0.25, -0.2) is 17.9 Å². The number of allylic oxidation sites excluding steroid dienone is 1. The fraction of sp³-hybridized carbons (Fsp3) is 0.120. The van der Waals surface area contributed by atoms with Crippen molar-refractivity contribution in [2.24, 2.45) is 0 Å². The van der Waals surface area contributed by atoms with Crippen LogP contribution in [0.1, 0.15) is 18.4 Å². The van der Waals surface area contributed by atoms with Crippen LogP contribution in [-0.2, 0) is 30.9 Å². The van der Waals surface area contributed by atoms with Gasteiger partial charge in [-0.2, -0.15) is 0 Å². The molecule has 8 nitrogen and oxygen atoms in total. The van der Waals surface area contributed by atoms with Crippen LogP contribution in [-0.4, -0.2) is 27.4 Å². The molecule has 3 aromatic rings. The first-order valence-corrected chi connectivity index (χ1v) is 13.2. The number of halogens is 2. The predicted octanol–water partition coefficient (Wildman–Crippen LogP) is 5.05. The van der Waals surface area contributed by atoms with Crippen molar-refractivity contribution in [2.75, 3.05) is 12.0 Å². The van der Waals surface area contributed by atoms with E-state index in [4.69, 9.17) is 20.8 Å². The Morgan fingerprint density at radius 1 is 1.17 bits per heavy atom. The highest BCUT2D eigenvalue weighted by atomic mass is 79.9. The third kappa shape index (κ3) is 5.31. The Kier molecular flexibility index (Phi) is 7.51. The second-order valence-corrected chi connectivity index (χ2v) is 10.8. The van der Waals surface area contributed by atoms with Gasteiger partial charge in [0.25, 0.3) is 5.91 Å². The molecule has 0 radical (unpaired) electrons. The molecule has 1 amide bonds. The van der Waals surface area contributed by atoms with Gasteiger partial charge in [0.1, 0.15) is 11.5 Å². The van der Waals surface area contributed by atoms with Crippen molar-refractivity contribution in [3.63, 3.8) is 0 Å². The van der Waals surface area contributed by atoms with Crippen LogP contribution in [0.5, 0.6) is 0 Å². The molecule has 0 saturated carbocycles. The van der Waals surface area contributed by atoms with E-state index in [1.54, 1.807) is 55.5 Å². The van der Waals surface area contributed by atoms with Crippen molar-refractivity contribution in [3.05, 3.63) is 98.5 Å². The molecule has 4 rings (SSSR count). The topological polar surface area (TPSA) is 106 Å². The van der Waals surface area contributed by atoms with E-state index in [1.807, 2.05) is 0 Å². The second-order valence-electron chi connectivity index (χ2n) is 7.71. The highest BCUT2D eigenvalue weighted by molar-refractivity contribution is 9.10. The number of hydrogen-bond donors (Lipinski definition) is 1. The minimum atomic E-state index is -3.76. The molecule has 0 atom stereocenters. The maximum absolute atomic E-state index is 13.3. The first-order valence-electron chi connectivity index (χ1n) is 10.6. The molecule has 1 N–H and O–H groups in total. The molecule has 1 aromatic heterocycles. The van der Waals surface area contributed by atoms with Crippen molar-refractivity contribution in [1.29, 1.82) is 0 Å². The molecule has 11 heteroatoms. The molecule has 1 aliphatic heterocycles. The lowest BCUT2D eigenvalue weighted by Crippen LogP contribution is -2.24. The van der Waals surface area contributed by atoms with E-state index in [9.17, 15) is 18.0 Å². The molecule has 0 saturated heterocycles. The average Bonchev–Trinajstić information content (AvgIpc) is 3.39. The number of esters is 1. The van der Waals surface area contributed by atoms with Crippen molar-refractivity contribution in [1.82, 2.24) is 4.72 Å². The Balaban J connectivity index is 1.60. The molecular weight excluding hydrogens is 572 g/mol. The van der Waals surface area contributed by atoms with E-state index in [1.165, 1.54) is 30.2 Å². The smallest absolute Gasteiger partial charge is 0.340 e. The number of rotatable bonds is 7. The SMILES string of the molecule is COC(=O)C1=C(C)N(c2cccc(Cl)c2)C(=O)/C1=C\c1ccc(CNS(=O)(=O)c2ccc(Br)cc2)o1. The summed E-state index contributed by atoms with van der Waals surface area (Å²) in [5, 5.41) is 0.436. The fourth-order valence-corrected chi connectivity index (χ4v) is 5.12. The van der Waals surface area contributed by atoms with Crippen LogP contribution in [0.25, 0.3) is 6.08 Å². The van der Waals surface area contributed by atoms with Gasteiger partial charge in [0, 0.05) is 15.2 Å². The lowest BCUT2D eigenvalue weighted by atomic mass is 10.1. The number of carbonyl (C=O) groups excluding carboxylic acids is 2. The molecule has 186 valence electrons. The van der Waals surface area contributed by atoms with E-state index in [-0.39, 0.29) is 28.3 Å². The van der Waals surface area contributed by atoms with Crippen molar-refractivity contribution >= 4 is 61.2 Å². The van der Waals surface area contributed by atoms with Crippen molar-refractivity contribution < 1.29 is 27.2 Å². The first kappa shape index (κ1) is 25.9. The quantitative estimate of drug-likeness (QED) is 0.304. The number of nitrogens with zero attached hydrogens (tertiary/aromatic N) is 1. The number of carbonyl (C=O) groups is 2. The Bertz CT molecular complexity index is 1510. The number of sulfonamides is 1. The van der Waals surface area contributed by atoms with Gasteiger partial charge in [-0.05, 0) is 67.6 Å². The molecule has 0 bridgehead atoms. The number of amides is 1. The van der Waals surface area contributed by atoms with E-state index in [2.05, 4.69) is 20.7 Å². The molecule has 2 aromatic carbocycles. The number of hydrogen-bond acceptors (Lipinski definition) is 6. The summed E-state index contributed by atoms with van der Waals surface area (Å²) < 4.78 is 38.9. The maximum Gasteiger partial charge on any atom is 0.340 e. The van der Waals surface area contributed by atoms with Crippen LogP contribution < -0.4 is 9.62 Å². The Hall–Kier alpha value is -3.18. The maximum atomic E-state index is 13.3. The molecular formula is C25H20BrClN2O6S. The zero-order chi connectivity index (χ0) is 26.0. The first-order chi connectivity index (χ1) is 17.1. The van der Waals surface area contributed by atoms with Crippen LogP contribution >= 0.6 is 27.5 Å². The summed E-state index contributed by atoms with van der Waals surface area (Å²) in [6, 6.07) is 16.1. The average molecular weight is 592 g/mol. The van der Waals surface area contributed by atoms with Crippen molar-refractivity contribution in [2.45, 2.75) is 18.4 Å². The van der Waals surface area contributed by atoms with E-state index >= 15 is 0 Å². The zero-order valence-corrected chi connectivity index (χ0v) is 22.3. The monoisotopic (exact) mass is 590 g/mol. The number of methoxy groups -OCH3 is 1. The molecule has 0 spiro atoms. The second kappa shape index (κ2) is 10.4. The van der Waals surface area contributed by atoms with E-state index < -0.39 is 21.9 Å². The number of anilines is 1. The highest BCUT2D eigenvalue weighted by Crippen LogP contribution is 2.36. The molecule has 0 fully saturated rings. The van der Waals surface area contributed by atoms with Gasteiger partial charge < -0.3 is 9.15 Å². The normalized spacial score (nSPS) is 15.2. The van der Waals surface area contributed by atoms with E-state index in [0.29, 0.717) is 22.2 Å². The van der Waals surface area contributed by atoms with Gasteiger partial charge in [0.05, 0.1) is 35.4 Å². The van der Waals surface area contributed by atoms with Crippen LogP contribution in [0.4, 0.5) is 5.69 Å². The highest BCUT2D eigenvalue weighted by Gasteiger charge is 2.38. The van der Waals surface area contributed by atoms with Gasteiger partial charge in [-0.3, -0.25) is 9.69 Å². The number of nitrogens with one attached hydrogen (secondary N) is 1. The summed E-state index contributed by atoms with van der Waals surface area (Å²) in [6.07, 6.45) is 1.43. The summed E-state index contributed by atoms with van der Waals surface area (Å²) >= 11 is 9.37. The molecule has 0 aliphatic carbocycles. The molecule has 36 heavy (non-hydrogen) atoms. The summed E-state index contributed by atoms with van der Waals surface area (Å²) in [6.45, 7) is 1.53. The number of benzene rings is 2. The van der Waals surface area contributed by atoms with Crippen molar-refractivity contribution in [3.8, 4) is 0 Å². The number of ether oxygens (including phenoxy) is 1. The van der Waals surface area contributed by atoms with Gasteiger partial charge in [-0.15, -0.1) is 0 Å². The standard InChI is InChI=1S/C25H20BrClN2O6S/c1-15-23(25(31)34-2)22(24(30)29(15)18-5-3-4-17(27)12-18)13-19-8-9-20(35-19)14-28-36(32,33)21-10-6-16(26)7-11-21/h3-13,28H,14H2,1-2H3/b22-13-. The molecule has 1 aliphatic rings. The summed E-state index contributed by atoms with van der Waals surface area (Å²) in [7, 11) is -2.52. The minimum Gasteiger partial charge on any atom is -0.465 e. The lowest BCUT2D eigenvalue weighted by Gasteiger charge is -2.18. The largest absolute Gasteiger partial charge is 0.465 e. The number of furan rings is 1. The summed E-state index contributed by atoms with van der Waals surface area (Å²) in [5.74, 6) is -0.548. The third-order valence-corrected chi connectivity index (χ3v) is 7.57. The summed E-state index contributed by atoms with van der Waals surface area (Å²) in [5.41, 5.74) is 1.05. The van der Waals surface area contributed by atoms with Crippen LogP contribution in [0.3, 0.4) is 0 Å². The van der Waals surface area contributed by atoms with Gasteiger partial charge >= 0.3 is 5.97 Å². The van der Waals surface area contributed by atoms with Gasteiger partial charge in [0.2, 0.25) is 10.0 Å². The van der Waals surface area contributed by atoms with Crippen LogP contribution in [0, 0.1) is 0 Å². The van der Waals surface area contributed by atoms with E-state index in [0.717, 1.165) is 4.47 Å². The Morgan fingerprint density at radius 2 is 1.89 bits per heavy atom. The lowest BCUT2D eigenvalue weighted by molar-refractivity contribution is -0.136. The van der Waals surface area contributed by atoms with Gasteiger partial charge in [0.15, 0.2) is 0 Å². The van der Waals surface area contributed by atoms with Gasteiger partial charge in [-0.1, -0.05) is 33.6 Å².